The van der Waals surface area contributed by atoms with E-state index < -0.39 is 22.6 Å². The van der Waals surface area contributed by atoms with Crippen LogP contribution < -0.4 is 5.69 Å². The molecule has 0 aliphatic rings. The lowest BCUT2D eigenvalue weighted by molar-refractivity contribution is -0.384. The monoisotopic (exact) mass is 568 g/mol. The number of hydrogen-bond donors (Lipinski definition) is 1. The van der Waals surface area contributed by atoms with E-state index in [4.69, 9.17) is 4.52 Å². The second-order valence-electron chi connectivity index (χ2n) is 9.17. The molecule has 0 aliphatic carbocycles. The minimum atomic E-state index is -1.11. The summed E-state index contributed by atoms with van der Waals surface area (Å²) < 4.78 is 6.64. The van der Waals surface area contributed by atoms with Gasteiger partial charge < -0.3 is 9.63 Å². The van der Waals surface area contributed by atoms with Gasteiger partial charge in [-0.25, -0.2) is 9.59 Å². The molecule has 0 spiro atoms. The fourth-order valence-electron chi connectivity index (χ4n) is 4.37. The zero-order chi connectivity index (χ0) is 28.8. The summed E-state index contributed by atoms with van der Waals surface area (Å²) in [5, 5.41) is 25.6. The first-order chi connectivity index (χ1) is 19.9. The van der Waals surface area contributed by atoms with Crippen molar-refractivity contribution >= 4 is 23.4 Å². The Labute approximate surface area is 238 Å². The average Bonchev–Trinajstić information content (AvgIpc) is 3.47. The van der Waals surface area contributed by atoms with Crippen molar-refractivity contribution in [3.63, 3.8) is 0 Å². The molecular weight excluding hydrogens is 544 g/mol. The van der Waals surface area contributed by atoms with Gasteiger partial charge in [0.05, 0.1) is 10.7 Å². The van der Waals surface area contributed by atoms with Gasteiger partial charge in [0.15, 0.2) is 0 Å². The van der Waals surface area contributed by atoms with Crippen LogP contribution in [0, 0.1) is 10.1 Å². The number of nitro groups is 1. The minimum absolute atomic E-state index is 0.0536. The van der Waals surface area contributed by atoms with Crippen molar-refractivity contribution in [2.45, 2.75) is 29.7 Å². The number of carboxylic acids is 1. The van der Waals surface area contributed by atoms with Crippen LogP contribution in [0.1, 0.15) is 23.8 Å². The van der Waals surface area contributed by atoms with Gasteiger partial charge in [-0.15, -0.1) is 0 Å². The Kier molecular flexibility index (Phi) is 8.35. The fourth-order valence-corrected chi connectivity index (χ4v) is 5.25. The van der Waals surface area contributed by atoms with E-state index in [1.165, 1.54) is 28.5 Å². The molecule has 3 aromatic carbocycles. The predicted molar refractivity (Wildman–Crippen MR) is 154 cm³/mol. The van der Waals surface area contributed by atoms with Gasteiger partial charge in [0.1, 0.15) is 22.5 Å². The molecule has 0 saturated carbocycles. The van der Waals surface area contributed by atoms with E-state index in [1.807, 2.05) is 60.7 Å². The van der Waals surface area contributed by atoms with Crippen LogP contribution in [0.3, 0.4) is 0 Å². The maximum Gasteiger partial charge on any atom is 0.349 e. The number of nitrogens with zero attached hydrogens (tertiary/aromatic N) is 4. The molecule has 2 aromatic heterocycles. The molecule has 0 amide bonds. The maximum absolute atomic E-state index is 13.2. The summed E-state index contributed by atoms with van der Waals surface area (Å²) in [6.45, 7) is 0. The Balaban J connectivity index is 1.42. The van der Waals surface area contributed by atoms with Gasteiger partial charge in [0.2, 0.25) is 0 Å². The van der Waals surface area contributed by atoms with Crippen molar-refractivity contribution in [1.82, 2.24) is 14.7 Å². The SMILES string of the molecule is O=C(O)[C@H](CCc1ccccc1)n1cc(-c2ccccc2)c(SCc2cc(-c3cccc([N+](=O)[O-])c3)no2)nc1=O. The van der Waals surface area contributed by atoms with Gasteiger partial charge in [0.25, 0.3) is 5.69 Å². The molecule has 5 aromatic rings. The third-order valence-corrected chi connectivity index (χ3v) is 7.45. The number of nitro benzene ring substituents is 1. The summed E-state index contributed by atoms with van der Waals surface area (Å²) in [6, 6.07) is 25.5. The average molecular weight is 569 g/mol. The molecule has 1 N–H and O–H groups in total. The lowest BCUT2D eigenvalue weighted by Crippen LogP contribution is -2.32. The second kappa shape index (κ2) is 12.4. The molecule has 0 fully saturated rings. The van der Waals surface area contributed by atoms with Crippen LogP contribution in [0.5, 0.6) is 0 Å². The smallest absolute Gasteiger partial charge is 0.349 e. The number of aryl methyl sites for hydroxylation is 1. The highest BCUT2D eigenvalue weighted by atomic mass is 32.2. The van der Waals surface area contributed by atoms with E-state index in [0.29, 0.717) is 34.0 Å². The molecule has 0 saturated heterocycles. The zero-order valence-electron chi connectivity index (χ0n) is 21.6. The molecule has 41 heavy (non-hydrogen) atoms. The van der Waals surface area contributed by atoms with Gasteiger partial charge in [0, 0.05) is 35.5 Å². The quantitative estimate of drug-likeness (QED) is 0.0875. The number of non-ortho nitro benzene ring substituents is 1. The molecule has 1 atom stereocenters. The van der Waals surface area contributed by atoms with E-state index in [0.717, 1.165) is 11.1 Å². The first-order valence-electron chi connectivity index (χ1n) is 12.7. The summed E-state index contributed by atoms with van der Waals surface area (Å²) in [6.07, 6.45) is 2.27. The number of thioether (sulfide) groups is 1. The lowest BCUT2D eigenvalue weighted by atomic mass is 10.0. The molecule has 0 bridgehead atoms. The van der Waals surface area contributed by atoms with E-state index in [-0.39, 0.29) is 17.9 Å². The van der Waals surface area contributed by atoms with E-state index in [2.05, 4.69) is 10.1 Å². The summed E-state index contributed by atoms with van der Waals surface area (Å²) in [5.74, 6) is -0.360. The Morgan fingerprint density at radius 1 is 1.00 bits per heavy atom. The van der Waals surface area contributed by atoms with Crippen molar-refractivity contribution in [3.8, 4) is 22.4 Å². The summed E-state index contributed by atoms with van der Waals surface area (Å²) in [5.41, 5.74) is 2.63. The molecule has 0 unspecified atom stereocenters. The summed E-state index contributed by atoms with van der Waals surface area (Å²) in [4.78, 5) is 40.3. The van der Waals surface area contributed by atoms with Crippen molar-refractivity contribution in [2.75, 3.05) is 0 Å². The highest BCUT2D eigenvalue weighted by Gasteiger charge is 2.24. The molecular formula is C30H24N4O6S. The van der Waals surface area contributed by atoms with E-state index in [9.17, 15) is 24.8 Å². The number of carbonyl (C=O) groups is 1. The van der Waals surface area contributed by atoms with Crippen LogP contribution in [0.2, 0.25) is 0 Å². The third kappa shape index (κ3) is 6.59. The Morgan fingerprint density at radius 2 is 1.71 bits per heavy atom. The Bertz CT molecular complexity index is 1740. The maximum atomic E-state index is 13.2. The topological polar surface area (TPSA) is 141 Å². The van der Waals surface area contributed by atoms with Crippen molar-refractivity contribution in [1.29, 1.82) is 0 Å². The van der Waals surface area contributed by atoms with E-state index >= 15 is 0 Å². The standard InChI is InChI=1S/C30H24N4O6S/c35-29(36)27(15-14-20-8-3-1-4-9-20)33-18-25(21-10-5-2-6-11-21)28(31-30(33)37)41-19-24-17-26(32-40-24)22-12-7-13-23(16-22)34(38)39/h1-13,16-18,27H,14-15,19H2,(H,35,36)/t27-/m0/s1. The number of rotatable bonds is 11. The molecule has 5 rings (SSSR count). The van der Waals surface area contributed by atoms with Gasteiger partial charge in [-0.05, 0) is 24.0 Å². The minimum Gasteiger partial charge on any atom is -0.480 e. The fraction of sp³-hybridized carbons (Fsp3) is 0.133. The molecule has 206 valence electrons. The lowest BCUT2D eigenvalue weighted by Gasteiger charge is -2.18. The van der Waals surface area contributed by atoms with Crippen LogP contribution in [-0.4, -0.2) is 30.7 Å². The van der Waals surface area contributed by atoms with Crippen LogP contribution in [0.25, 0.3) is 22.4 Å². The highest BCUT2D eigenvalue weighted by Crippen LogP contribution is 2.33. The van der Waals surface area contributed by atoms with E-state index in [1.54, 1.807) is 24.4 Å². The highest BCUT2D eigenvalue weighted by molar-refractivity contribution is 7.98. The van der Waals surface area contributed by atoms with Crippen molar-refractivity contribution < 1.29 is 19.3 Å². The van der Waals surface area contributed by atoms with Crippen LogP contribution in [-0.2, 0) is 17.0 Å². The first kappa shape index (κ1) is 27.5. The van der Waals surface area contributed by atoms with Gasteiger partial charge in [-0.3, -0.25) is 14.7 Å². The molecule has 2 heterocycles. The first-order valence-corrected chi connectivity index (χ1v) is 13.7. The summed E-state index contributed by atoms with van der Waals surface area (Å²) >= 11 is 1.25. The predicted octanol–water partition coefficient (Wildman–Crippen LogP) is 6.02. The second-order valence-corrected chi connectivity index (χ2v) is 10.1. The number of carboxylic acid groups (broad SMARTS) is 1. The van der Waals surface area contributed by atoms with Crippen LogP contribution in [0.4, 0.5) is 5.69 Å². The van der Waals surface area contributed by atoms with Crippen LogP contribution in [0.15, 0.2) is 112 Å². The van der Waals surface area contributed by atoms with Crippen molar-refractivity contribution in [2.24, 2.45) is 0 Å². The summed E-state index contributed by atoms with van der Waals surface area (Å²) in [7, 11) is 0. The normalized spacial score (nSPS) is 11.7. The van der Waals surface area contributed by atoms with Gasteiger partial charge >= 0.3 is 11.7 Å². The Morgan fingerprint density at radius 3 is 2.41 bits per heavy atom. The van der Waals surface area contributed by atoms with Crippen molar-refractivity contribution in [3.05, 3.63) is 129 Å². The third-order valence-electron chi connectivity index (χ3n) is 6.43. The molecule has 11 heteroatoms. The molecule has 10 nitrogen and oxygen atoms in total. The molecule has 0 aliphatic heterocycles. The van der Waals surface area contributed by atoms with Gasteiger partial charge in [-0.1, -0.05) is 89.7 Å². The number of aromatic nitrogens is 3. The Hall–Kier alpha value is -5.03. The largest absolute Gasteiger partial charge is 0.480 e. The molecule has 0 radical (unpaired) electrons. The van der Waals surface area contributed by atoms with Crippen LogP contribution >= 0.6 is 11.8 Å². The van der Waals surface area contributed by atoms with Gasteiger partial charge in [-0.2, -0.15) is 4.98 Å². The zero-order valence-corrected chi connectivity index (χ0v) is 22.4. The number of benzene rings is 3. The number of aliphatic carboxylic acids is 1. The number of hydrogen-bond acceptors (Lipinski definition) is 8.